The van der Waals surface area contributed by atoms with E-state index in [1.165, 1.54) is 0 Å². The average Bonchev–Trinajstić information content (AvgIpc) is 2.70. The SMILES string of the molecule is CC(C)[C@@H]1CC[C@H]2CN1C(=O)N2OCc1ccccc1. The fourth-order valence-corrected chi connectivity index (χ4v) is 3.24. The molecular weight excluding hydrogens is 252 g/mol. The number of hydroxylamine groups is 2. The van der Waals surface area contributed by atoms with E-state index in [0.29, 0.717) is 18.6 Å². The standard InChI is InChI=1S/C16H22N2O2/c1-12(2)15-9-8-14-10-17(15)16(19)18(14)20-11-13-6-4-3-5-7-13/h3-7,12,14-15H,8-11H2,1-2H3/t14-,15-/m0/s1. The van der Waals surface area contributed by atoms with Crippen LogP contribution in [0.5, 0.6) is 0 Å². The Kier molecular flexibility index (Phi) is 3.66. The van der Waals surface area contributed by atoms with Gasteiger partial charge in [0.2, 0.25) is 0 Å². The number of benzene rings is 1. The van der Waals surface area contributed by atoms with Crippen molar-refractivity contribution in [3.63, 3.8) is 0 Å². The lowest BCUT2D eigenvalue weighted by Crippen LogP contribution is -2.43. The van der Waals surface area contributed by atoms with Crippen molar-refractivity contribution in [3.05, 3.63) is 35.9 Å². The largest absolute Gasteiger partial charge is 0.344 e. The van der Waals surface area contributed by atoms with Crippen LogP contribution in [-0.4, -0.2) is 34.6 Å². The van der Waals surface area contributed by atoms with Gasteiger partial charge in [-0.1, -0.05) is 44.2 Å². The molecule has 0 aromatic heterocycles. The van der Waals surface area contributed by atoms with Crippen LogP contribution in [0.1, 0.15) is 32.3 Å². The molecule has 1 aromatic carbocycles. The molecule has 2 aliphatic heterocycles. The Bertz CT molecular complexity index is 475. The molecule has 20 heavy (non-hydrogen) atoms. The highest BCUT2D eigenvalue weighted by atomic mass is 16.7. The Labute approximate surface area is 120 Å². The molecular formula is C16H22N2O2. The molecule has 4 heteroatoms. The Hall–Kier alpha value is -1.55. The van der Waals surface area contributed by atoms with Crippen LogP contribution in [0.4, 0.5) is 4.79 Å². The molecule has 2 bridgehead atoms. The van der Waals surface area contributed by atoms with Gasteiger partial charge < -0.3 is 4.90 Å². The van der Waals surface area contributed by atoms with Crippen LogP contribution in [0.15, 0.2) is 30.3 Å². The van der Waals surface area contributed by atoms with Gasteiger partial charge in [0.05, 0.1) is 6.04 Å². The molecule has 0 N–H and O–H groups in total. The molecule has 0 spiro atoms. The quantitative estimate of drug-likeness (QED) is 0.845. The number of fused-ring (bicyclic) bond motifs is 2. The number of rotatable bonds is 4. The van der Waals surface area contributed by atoms with Crippen molar-refractivity contribution in [2.45, 2.75) is 45.4 Å². The zero-order valence-corrected chi connectivity index (χ0v) is 12.2. The first-order chi connectivity index (χ1) is 9.66. The van der Waals surface area contributed by atoms with Crippen LogP contribution >= 0.6 is 0 Å². The second kappa shape index (κ2) is 5.44. The van der Waals surface area contributed by atoms with Crippen molar-refractivity contribution in [1.29, 1.82) is 0 Å². The first-order valence-electron chi connectivity index (χ1n) is 7.43. The van der Waals surface area contributed by atoms with Crippen LogP contribution in [0.25, 0.3) is 0 Å². The van der Waals surface area contributed by atoms with E-state index < -0.39 is 0 Å². The van der Waals surface area contributed by atoms with Gasteiger partial charge in [0.1, 0.15) is 6.61 Å². The fourth-order valence-electron chi connectivity index (χ4n) is 3.24. The highest BCUT2D eigenvalue weighted by molar-refractivity contribution is 5.77. The number of hydrogen-bond acceptors (Lipinski definition) is 2. The molecule has 0 unspecified atom stereocenters. The summed E-state index contributed by atoms with van der Waals surface area (Å²) in [5.41, 5.74) is 1.09. The summed E-state index contributed by atoms with van der Waals surface area (Å²) in [6, 6.07) is 10.6. The van der Waals surface area contributed by atoms with E-state index in [1.54, 1.807) is 5.06 Å². The van der Waals surface area contributed by atoms with Crippen LogP contribution in [0.2, 0.25) is 0 Å². The minimum atomic E-state index is 0.0436. The van der Waals surface area contributed by atoms with Crippen molar-refractivity contribution in [1.82, 2.24) is 9.96 Å². The summed E-state index contributed by atoms with van der Waals surface area (Å²) in [7, 11) is 0. The van der Waals surface area contributed by atoms with E-state index in [4.69, 9.17) is 4.84 Å². The van der Waals surface area contributed by atoms with Gasteiger partial charge in [-0.2, -0.15) is 5.06 Å². The molecule has 0 radical (unpaired) electrons. The lowest BCUT2D eigenvalue weighted by Gasteiger charge is -2.33. The smallest absolute Gasteiger partial charge is 0.317 e. The Balaban J connectivity index is 1.65. The van der Waals surface area contributed by atoms with Crippen molar-refractivity contribution in [2.24, 2.45) is 5.92 Å². The van der Waals surface area contributed by atoms with E-state index in [1.807, 2.05) is 35.2 Å². The molecule has 2 aliphatic rings. The maximum absolute atomic E-state index is 12.4. The van der Waals surface area contributed by atoms with E-state index in [9.17, 15) is 4.79 Å². The second-order valence-electron chi connectivity index (χ2n) is 6.06. The minimum Gasteiger partial charge on any atom is -0.317 e. The number of hydrogen-bond donors (Lipinski definition) is 0. The zero-order valence-electron chi connectivity index (χ0n) is 12.2. The number of urea groups is 1. The highest BCUT2D eigenvalue weighted by Crippen LogP contribution is 2.33. The summed E-state index contributed by atoms with van der Waals surface area (Å²) in [5, 5.41) is 1.61. The monoisotopic (exact) mass is 274 g/mol. The van der Waals surface area contributed by atoms with E-state index >= 15 is 0 Å². The number of piperidine rings is 1. The van der Waals surface area contributed by atoms with Crippen LogP contribution in [0, 0.1) is 5.92 Å². The number of amides is 2. The van der Waals surface area contributed by atoms with Crippen molar-refractivity contribution < 1.29 is 9.63 Å². The summed E-state index contributed by atoms with van der Waals surface area (Å²) >= 11 is 0. The molecule has 3 rings (SSSR count). The van der Waals surface area contributed by atoms with Gasteiger partial charge in [-0.25, -0.2) is 4.79 Å². The number of carbonyl (C=O) groups excluding carboxylic acids is 1. The molecule has 108 valence electrons. The van der Waals surface area contributed by atoms with Gasteiger partial charge in [-0.15, -0.1) is 0 Å². The fraction of sp³-hybridized carbons (Fsp3) is 0.562. The summed E-state index contributed by atoms with van der Waals surface area (Å²) in [4.78, 5) is 20.2. The molecule has 2 atom stereocenters. The first kappa shape index (κ1) is 13.4. The van der Waals surface area contributed by atoms with E-state index in [2.05, 4.69) is 13.8 Å². The van der Waals surface area contributed by atoms with Gasteiger partial charge >= 0.3 is 6.03 Å². The summed E-state index contributed by atoms with van der Waals surface area (Å²) < 4.78 is 0. The molecule has 2 saturated heterocycles. The van der Waals surface area contributed by atoms with Gasteiger partial charge in [-0.3, -0.25) is 4.84 Å². The topological polar surface area (TPSA) is 32.8 Å². The molecule has 2 fully saturated rings. The predicted molar refractivity (Wildman–Crippen MR) is 76.8 cm³/mol. The van der Waals surface area contributed by atoms with Gasteiger partial charge in [0.25, 0.3) is 0 Å². The third-order valence-corrected chi connectivity index (χ3v) is 4.35. The summed E-state index contributed by atoms with van der Waals surface area (Å²) in [6.45, 7) is 5.65. The average molecular weight is 274 g/mol. The molecule has 2 heterocycles. The minimum absolute atomic E-state index is 0.0436. The predicted octanol–water partition coefficient (Wildman–Crippen LogP) is 3.04. The van der Waals surface area contributed by atoms with Crippen molar-refractivity contribution in [2.75, 3.05) is 6.54 Å². The number of carbonyl (C=O) groups is 1. The third-order valence-electron chi connectivity index (χ3n) is 4.35. The van der Waals surface area contributed by atoms with E-state index in [-0.39, 0.29) is 12.1 Å². The van der Waals surface area contributed by atoms with Crippen molar-refractivity contribution in [3.8, 4) is 0 Å². The summed E-state index contributed by atoms with van der Waals surface area (Å²) in [6.07, 6.45) is 2.12. The summed E-state index contributed by atoms with van der Waals surface area (Å²) in [5.74, 6) is 0.508. The van der Waals surface area contributed by atoms with Gasteiger partial charge in [0.15, 0.2) is 0 Å². The molecule has 1 aromatic rings. The molecule has 0 aliphatic carbocycles. The maximum atomic E-state index is 12.4. The third kappa shape index (κ3) is 2.40. The Morgan fingerprint density at radius 2 is 2.00 bits per heavy atom. The normalized spacial score (nSPS) is 25.6. The second-order valence-corrected chi connectivity index (χ2v) is 6.06. The van der Waals surface area contributed by atoms with Gasteiger partial charge in [0, 0.05) is 12.6 Å². The number of nitrogens with zero attached hydrogens (tertiary/aromatic N) is 2. The highest BCUT2D eigenvalue weighted by Gasteiger charge is 2.46. The van der Waals surface area contributed by atoms with E-state index in [0.717, 1.165) is 24.9 Å². The van der Waals surface area contributed by atoms with Crippen LogP contribution in [0.3, 0.4) is 0 Å². The first-order valence-corrected chi connectivity index (χ1v) is 7.43. The maximum Gasteiger partial charge on any atom is 0.344 e. The van der Waals surface area contributed by atoms with Crippen molar-refractivity contribution >= 4 is 6.03 Å². The lowest BCUT2D eigenvalue weighted by atomic mass is 9.92. The zero-order chi connectivity index (χ0) is 14.1. The molecule has 4 nitrogen and oxygen atoms in total. The molecule has 0 saturated carbocycles. The Morgan fingerprint density at radius 1 is 1.25 bits per heavy atom. The van der Waals surface area contributed by atoms with Crippen LogP contribution in [-0.2, 0) is 11.4 Å². The van der Waals surface area contributed by atoms with Crippen LogP contribution < -0.4 is 0 Å². The Morgan fingerprint density at radius 3 is 2.70 bits per heavy atom. The molecule has 2 amide bonds. The lowest BCUT2D eigenvalue weighted by molar-refractivity contribution is -0.140. The van der Waals surface area contributed by atoms with Gasteiger partial charge in [-0.05, 0) is 24.3 Å².